The fourth-order valence-electron chi connectivity index (χ4n) is 1.77. The van der Waals surface area contributed by atoms with Crippen molar-refractivity contribution in [2.75, 3.05) is 19.6 Å². The van der Waals surface area contributed by atoms with E-state index in [2.05, 4.69) is 12.2 Å². The second-order valence-corrected chi connectivity index (χ2v) is 3.79. The van der Waals surface area contributed by atoms with Crippen LogP contribution in [0.3, 0.4) is 0 Å². The van der Waals surface area contributed by atoms with Crippen molar-refractivity contribution in [3.63, 3.8) is 0 Å². The number of hydrogen-bond donors (Lipinski definition) is 2. The minimum Gasteiger partial charge on any atom is -0.330 e. The first-order valence-corrected chi connectivity index (χ1v) is 4.73. The van der Waals surface area contributed by atoms with E-state index in [0.717, 1.165) is 31.3 Å². The summed E-state index contributed by atoms with van der Waals surface area (Å²) in [5, 5.41) is 3.43. The maximum absolute atomic E-state index is 5.37. The van der Waals surface area contributed by atoms with E-state index < -0.39 is 0 Å². The fourth-order valence-corrected chi connectivity index (χ4v) is 1.77. The number of hydrogen-bond acceptors (Lipinski definition) is 2. The predicted molar refractivity (Wildman–Crippen MR) is 48.4 cm³/mol. The zero-order chi connectivity index (χ0) is 8.10. The van der Waals surface area contributed by atoms with E-state index in [9.17, 15) is 0 Å². The van der Waals surface area contributed by atoms with E-state index in [4.69, 9.17) is 5.73 Å². The Morgan fingerprint density at radius 1 is 1.45 bits per heavy atom. The summed E-state index contributed by atoms with van der Waals surface area (Å²) in [6, 6.07) is 0. The first kappa shape index (κ1) is 9.01. The van der Waals surface area contributed by atoms with Crippen molar-refractivity contribution in [3.8, 4) is 0 Å². The number of nitrogens with two attached hydrogens (primary N) is 1. The van der Waals surface area contributed by atoms with E-state index in [1.807, 2.05) is 0 Å². The third-order valence-electron chi connectivity index (χ3n) is 2.46. The Morgan fingerprint density at radius 2 is 2.18 bits per heavy atom. The molecule has 0 radical (unpaired) electrons. The minimum atomic E-state index is 0.814. The lowest BCUT2D eigenvalue weighted by atomic mass is 9.76. The summed E-state index contributed by atoms with van der Waals surface area (Å²) in [6.45, 7) is 5.45. The third kappa shape index (κ3) is 3.21. The zero-order valence-corrected chi connectivity index (χ0v) is 7.47. The molecule has 2 heteroatoms. The monoisotopic (exact) mass is 156 g/mol. The van der Waals surface area contributed by atoms with Gasteiger partial charge in [-0.3, -0.25) is 0 Å². The topological polar surface area (TPSA) is 38.0 Å². The third-order valence-corrected chi connectivity index (χ3v) is 2.46. The molecule has 1 aliphatic rings. The maximum Gasteiger partial charge on any atom is -0.00203 e. The van der Waals surface area contributed by atoms with Crippen LogP contribution in [0.25, 0.3) is 0 Å². The SMILES string of the molecule is CC1CC(CNCCCN)C1. The van der Waals surface area contributed by atoms with Crippen LogP contribution in [0.15, 0.2) is 0 Å². The van der Waals surface area contributed by atoms with E-state index >= 15 is 0 Å². The van der Waals surface area contributed by atoms with Crippen molar-refractivity contribution >= 4 is 0 Å². The molecule has 0 aromatic carbocycles. The smallest absolute Gasteiger partial charge is 0.00203 e. The van der Waals surface area contributed by atoms with Gasteiger partial charge in [-0.05, 0) is 50.7 Å². The molecule has 0 spiro atoms. The van der Waals surface area contributed by atoms with Gasteiger partial charge in [-0.2, -0.15) is 0 Å². The Labute approximate surface area is 69.5 Å². The summed E-state index contributed by atoms with van der Waals surface area (Å²) < 4.78 is 0. The summed E-state index contributed by atoms with van der Waals surface area (Å²) in [5.74, 6) is 1.94. The zero-order valence-electron chi connectivity index (χ0n) is 7.47. The van der Waals surface area contributed by atoms with Gasteiger partial charge < -0.3 is 11.1 Å². The highest BCUT2D eigenvalue weighted by Crippen LogP contribution is 2.32. The second-order valence-electron chi connectivity index (χ2n) is 3.79. The van der Waals surface area contributed by atoms with Crippen molar-refractivity contribution in [1.29, 1.82) is 0 Å². The maximum atomic E-state index is 5.37. The summed E-state index contributed by atoms with van der Waals surface area (Å²) in [4.78, 5) is 0. The molecule has 0 saturated heterocycles. The van der Waals surface area contributed by atoms with Crippen LogP contribution < -0.4 is 11.1 Å². The molecule has 2 nitrogen and oxygen atoms in total. The molecule has 66 valence electrons. The van der Waals surface area contributed by atoms with Crippen LogP contribution in [-0.4, -0.2) is 19.6 Å². The lowest BCUT2D eigenvalue weighted by molar-refractivity contribution is 0.207. The van der Waals surface area contributed by atoms with Gasteiger partial charge in [0.15, 0.2) is 0 Å². The minimum absolute atomic E-state index is 0.814. The normalized spacial score (nSPS) is 30.0. The van der Waals surface area contributed by atoms with Gasteiger partial charge in [-0.25, -0.2) is 0 Å². The molecule has 0 aromatic rings. The Bertz CT molecular complexity index is 97.7. The molecular formula is C9H20N2. The van der Waals surface area contributed by atoms with Crippen LogP contribution >= 0.6 is 0 Å². The largest absolute Gasteiger partial charge is 0.330 e. The van der Waals surface area contributed by atoms with E-state index in [1.54, 1.807) is 0 Å². The average molecular weight is 156 g/mol. The molecule has 0 aliphatic heterocycles. The van der Waals surface area contributed by atoms with Crippen molar-refractivity contribution in [2.24, 2.45) is 17.6 Å². The molecule has 0 heterocycles. The first-order valence-electron chi connectivity index (χ1n) is 4.73. The van der Waals surface area contributed by atoms with Crippen molar-refractivity contribution in [2.45, 2.75) is 26.2 Å². The first-order chi connectivity index (χ1) is 5.33. The summed E-state index contributed by atoms with van der Waals surface area (Å²) in [6.07, 6.45) is 3.97. The van der Waals surface area contributed by atoms with Crippen LogP contribution in [0.5, 0.6) is 0 Å². The van der Waals surface area contributed by atoms with Crippen LogP contribution in [0.1, 0.15) is 26.2 Å². The van der Waals surface area contributed by atoms with E-state index in [1.165, 1.54) is 19.4 Å². The Balaban J connectivity index is 1.81. The van der Waals surface area contributed by atoms with E-state index in [-0.39, 0.29) is 0 Å². The number of rotatable bonds is 5. The highest BCUT2D eigenvalue weighted by Gasteiger charge is 2.24. The number of nitrogens with one attached hydrogen (secondary N) is 1. The van der Waals surface area contributed by atoms with Gasteiger partial charge in [0.05, 0.1) is 0 Å². The fraction of sp³-hybridized carbons (Fsp3) is 1.00. The molecule has 3 N–H and O–H groups in total. The summed E-state index contributed by atoms with van der Waals surface area (Å²) in [7, 11) is 0. The molecular weight excluding hydrogens is 136 g/mol. The van der Waals surface area contributed by atoms with Crippen LogP contribution in [0.2, 0.25) is 0 Å². The molecule has 0 atom stereocenters. The molecule has 1 aliphatic carbocycles. The molecule has 0 unspecified atom stereocenters. The summed E-state index contributed by atoms with van der Waals surface area (Å²) in [5.41, 5.74) is 5.37. The Hall–Kier alpha value is -0.0800. The van der Waals surface area contributed by atoms with E-state index in [0.29, 0.717) is 0 Å². The lowest BCUT2D eigenvalue weighted by Crippen LogP contribution is -2.32. The second kappa shape index (κ2) is 4.73. The van der Waals surface area contributed by atoms with Gasteiger partial charge in [0.1, 0.15) is 0 Å². The van der Waals surface area contributed by atoms with Crippen LogP contribution in [-0.2, 0) is 0 Å². The Morgan fingerprint density at radius 3 is 2.73 bits per heavy atom. The highest BCUT2D eigenvalue weighted by atomic mass is 14.9. The van der Waals surface area contributed by atoms with Crippen molar-refractivity contribution in [1.82, 2.24) is 5.32 Å². The predicted octanol–water partition coefficient (Wildman–Crippen LogP) is 0.971. The molecule has 0 amide bonds. The van der Waals surface area contributed by atoms with Crippen LogP contribution in [0.4, 0.5) is 0 Å². The van der Waals surface area contributed by atoms with Crippen molar-refractivity contribution < 1.29 is 0 Å². The standard InChI is InChI=1S/C9H20N2/c1-8-5-9(6-8)7-11-4-2-3-10/h8-9,11H,2-7,10H2,1H3. The molecule has 11 heavy (non-hydrogen) atoms. The van der Waals surface area contributed by atoms with Crippen molar-refractivity contribution in [3.05, 3.63) is 0 Å². The molecule has 0 aromatic heterocycles. The van der Waals surface area contributed by atoms with Gasteiger partial charge >= 0.3 is 0 Å². The lowest BCUT2D eigenvalue weighted by Gasteiger charge is -2.32. The molecule has 0 bridgehead atoms. The average Bonchev–Trinajstić information content (AvgIpc) is 1.94. The molecule has 1 saturated carbocycles. The molecule has 1 rings (SSSR count). The van der Waals surface area contributed by atoms with Gasteiger partial charge in [0, 0.05) is 0 Å². The van der Waals surface area contributed by atoms with Crippen LogP contribution in [0, 0.1) is 11.8 Å². The van der Waals surface area contributed by atoms with Gasteiger partial charge in [-0.15, -0.1) is 0 Å². The quantitative estimate of drug-likeness (QED) is 0.582. The molecule has 1 fully saturated rings. The Kier molecular flexibility index (Phi) is 3.87. The van der Waals surface area contributed by atoms with Gasteiger partial charge in [0.2, 0.25) is 0 Å². The van der Waals surface area contributed by atoms with Gasteiger partial charge in [-0.1, -0.05) is 6.92 Å². The highest BCUT2D eigenvalue weighted by molar-refractivity contribution is 4.77. The summed E-state index contributed by atoms with van der Waals surface area (Å²) >= 11 is 0. The van der Waals surface area contributed by atoms with Gasteiger partial charge in [0.25, 0.3) is 0 Å².